The van der Waals surface area contributed by atoms with Gasteiger partial charge >= 0.3 is 6.03 Å². The summed E-state index contributed by atoms with van der Waals surface area (Å²) < 4.78 is 0. The van der Waals surface area contributed by atoms with E-state index in [-0.39, 0.29) is 27.8 Å². The fraction of sp³-hybridized carbons (Fsp3) is 0.560. The summed E-state index contributed by atoms with van der Waals surface area (Å²) in [6.45, 7) is 11.8. The number of hydrogen-bond acceptors (Lipinski definition) is 1. The van der Waals surface area contributed by atoms with Crippen LogP contribution in [0.2, 0.25) is 0 Å². The fourth-order valence-corrected chi connectivity index (χ4v) is 7.16. The highest BCUT2D eigenvalue weighted by atomic mass is 16.2. The van der Waals surface area contributed by atoms with Crippen molar-refractivity contribution >= 4 is 11.7 Å². The third kappa shape index (κ3) is 2.58. The van der Waals surface area contributed by atoms with E-state index in [0.29, 0.717) is 0 Å². The van der Waals surface area contributed by atoms with Gasteiger partial charge in [0.1, 0.15) is 0 Å². The summed E-state index contributed by atoms with van der Waals surface area (Å²) in [7, 11) is 0. The number of anilines is 1. The first-order valence-electron chi connectivity index (χ1n) is 10.6. The predicted molar refractivity (Wildman–Crippen MR) is 114 cm³/mol. The van der Waals surface area contributed by atoms with Crippen molar-refractivity contribution in [2.24, 2.45) is 16.2 Å². The SMILES string of the molecule is CC1(C)CC2=CC3(C)CC(C)(C)CC4(C3)NC(=O)N(c3ccccc3)C(=C24)C1. The normalized spacial score (nSPS) is 35.1. The van der Waals surface area contributed by atoms with Gasteiger partial charge in [0.25, 0.3) is 0 Å². The molecule has 1 aromatic rings. The Morgan fingerprint density at radius 1 is 0.893 bits per heavy atom. The quantitative estimate of drug-likeness (QED) is 0.623. The van der Waals surface area contributed by atoms with Gasteiger partial charge in [-0.2, -0.15) is 0 Å². The summed E-state index contributed by atoms with van der Waals surface area (Å²) in [6.07, 6.45) is 7.86. The topological polar surface area (TPSA) is 32.3 Å². The van der Waals surface area contributed by atoms with E-state index in [4.69, 9.17) is 0 Å². The number of allylic oxidation sites excluding steroid dienone is 2. The molecule has 2 amide bonds. The molecule has 0 aromatic heterocycles. The van der Waals surface area contributed by atoms with Crippen molar-refractivity contribution in [3.63, 3.8) is 0 Å². The van der Waals surface area contributed by atoms with Crippen LogP contribution in [0.4, 0.5) is 10.5 Å². The van der Waals surface area contributed by atoms with Crippen molar-refractivity contribution in [2.75, 3.05) is 4.90 Å². The number of rotatable bonds is 1. The molecule has 28 heavy (non-hydrogen) atoms. The smallest absolute Gasteiger partial charge is 0.326 e. The summed E-state index contributed by atoms with van der Waals surface area (Å²) in [6, 6.07) is 10.2. The van der Waals surface area contributed by atoms with Gasteiger partial charge in [-0.25, -0.2) is 4.79 Å². The maximum Gasteiger partial charge on any atom is 0.326 e. The van der Waals surface area contributed by atoms with E-state index in [9.17, 15) is 4.79 Å². The van der Waals surface area contributed by atoms with Gasteiger partial charge in [-0.1, -0.05) is 58.9 Å². The Hall–Kier alpha value is -2.03. The lowest BCUT2D eigenvalue weighted by Gasteiger charge is -2.61. The van der Waals surface area contributed by atoms with Crippen molar-refractivity contribution in [3.05, 3.63) is 53.3 Å². The minimum absolute atomic E-state index is 0.0453. The first-order chi connectivity index (χ1) is 13.0. The van der Waals surface area contributed by atoms with Crippen LogP contribution < -0.4 is 10.2 Å². The van der Waals surface area contributed by atoms with E-state index in [1.165, 1.54) is 23.3 Å². The maximum atomic E-state index is 13.5. The molecule has 2 unspecified atom stereocenters. The van der Waals surface area contributed by atoms with E-state index in [1.54, 1.807) is 0 Å². The number of nitrogens with one attached hydrogen (secondary N) is 1. The van der Waals surface area contributed by atoms with Crippen LogP contribution >= 0.6 is 0 Å². The molecule has 1 N–H and O–H groups in total. The second-order valence-electron chi connectivity index (χ2n) is 11.5. The molecule has 3 aliphatic carbocycles. The third-order valence-corrected chi connectivity index (χ3v) is 7.13. The van der Waals surface area contributed by atoms with Crippen molar-refractivity contribution in [2.45, 2.75) is 72.3 Å². The average Bonchev–Trinajstić information content (AvgIpc) is 2.50. The average molecular weight is 377 g/mol. The highest BCUT2D eigenvalue weighted by Gasteiger charge is 2.59. The first-order valence-corrected chi connectivity index (χ1v) is 10.6. The van der Waals surface area contributed by atoms with Crippen molar-refractivity contribution in [3.8, 4) is 0 Å². The molecule has 1 fully saturated rings. The van der Waals surface area contributed by atoms with E-state index in [2.05, 4.69) is 46.0 Å². The zero-order valence-electron chi connectivity index (χ0n) is 17.9. The summed E-state index contributed by atoms with van der Waals surface area (Å²) >= 11 is 0. The second kappa shape index (κ2) is 5.31. The van der Waals surface area contributed by atoms with Gasteiger partial charge in [-0.05, 0) is 66.1 Å². The summed E-state index contributed by atoms with van der Waals surface area (Å²) in [5.41, 5.74) is 5.43. The van der Waals surface area contributed by atoms with E-state index in [0.717, 1.165) is 31.4 Å². The molecule has 5 rings (SSSR count). The predicted octanol–water partition coefficient (Wildman–Crippen LogP) is 6.19. The summed E-state index contributed by atoms with van der Waals surface area (Å²) in [5.74, 6) is 0. The second-order valence-corrected chi connectivity index (χ2v) is 11.5. The number of carbonyl (C=O) groups excluding carboxylic acids is 1. The van der Waals surface area contributed by atoms with Crippen molar-refractivity contribution in [1.29, 1.82) is 0 Å². The van der Waals surface area contributed by atoms with Crippen molar-refractivity contribution < 1.29 is 4.79 Å². The minimum Gasteiger partial charge on any atom is -0.328 e. The van der Waals surface area contributed by atoms with Gasteiger partial charge in [-0.15, -0.1) is 0 Å². The zero-order chi connectivity index (χ0) is 19.9. The number of fused-ring (bicyclic) bond motifs is 1. The Morgan fingerprint density at radius 2 is 1.61 bits per heavy atom. The highest BCUT2D eigenvalue weighted by Crippen LogP contribution is 2.62. The number of benzene rings is 1. The highest BCUT2D eigenvalue weighted by molar-refractivity contribution is 5.98. The minimum atomic E-state index is -0.214. The Balaban J connectivity index is 1.78. The number of hydrogen-bond donors (Lipinski definition) is 1. The largest absolute Gasteiger partial charge is 0.328 e. The lowest BCUT2D eigenvalue weighted by atomic mass is 9.49. The summed E-state index contributed by atoms with van der Waals surface area (Å²) in [4.78, 5) is 15.5. The van der Waals surface area contributed by atoms with Gasteiger partial charge in [0.05, 0.1) is 11.2 Å². The van der Waals surface area contributed by atoms with Crippen LogP contribution in [0.25, 0.3) is 0 Å². The van der Waals surface area contributed by atoms with Crippen LogP contribution in [0.5, 0.6) is 0 Å². The van der Waals surface area contributed by atoms with Crippen LogP contribution in [0.15, 0.2) is 53.3 Å². The van der Waals surface area contributed by atoms with Crippen LogP contribution in [-0.2, 0) is 0 Å². The zero-order valence-corrected chi connectivity index (χ0v) is 17.9. The van der Waals surface area contributed by atoms with Crippen LogP contribution in [0.1, 0.15) is 66.7 Å². The molecule has 0 radical (unpaired) electrons. The molecule has 3 heteroatoms. The maximum absolute atomic E-state index is 13.5. The molecule has 1 saturated carbocycles. The number of nitrogens with zero attached hydrogens (tertiary/aromatic N) is 1. The Morgan fingerprint density at radius 3 is 2.32 bits per heavy atom. The molecule has 1 heterocycles. The lowest BCUT2D eigenvalue weighted by molar-refractivity contribution is 0.0563. The van der Waals surface area contributed by atoms with Gasteiger partial charge in [-0.3, -0.25) is 4.90 Å². The van der Waals surface area contributed by atoms with Gasteiger partial charge in [0.2, 0.25) is 0 Å². The molecule has 1 aromatic carbocycles. The number of carbonyl (C=O) groups is 1. The Bertz CT molecular complexity index is 923. The van der Waals surface area contributed by atoms with E-state index in [1.807, 2.05) is 35.2 Å². The van der Waals surface area contributed by atoms with Gasteiger partial charge in [0, 0.05) is 11.3 Å². The molecular formula is C25H32N2O. The molecule has 2 atom stereocenters. The molecule has 1 spiro atoms. The molecule has 0 saturated heterocycles. The molecular weight excluding hydrogens is 344 g/mol. The van der Waals surface area contributed by atoms with Crippen LogP contribution in [-0.4, -0.2) is 11.6 Å². The Labute approximate surface area is 168 Å². The number of para-hydroxylation sites is 1. The fourth-order valence-electron chi connectivity index (χ4n) is 7.16. The molecule has 2 bridgehead atoms. The monoisotopic (exact) mass is 376 g/mol. The molecule has 148 valence electrons. The van der Waals surface area contributed by atoms with Gasteiger partial charge < -0.3 is 5.32 Å². The van der Waals surface area contributed by atoms with E-state index < -0.39 is 0 Å². The van der Waals surface area contributed by atoms with Crippen LogP contribution in [0.3, 0.4) is 0 Å². The molecule has 3 nitrogen and oxygen atoms in total. The first kappa shape index (κ1) is 18.0. The van der Waals surface area contributed by atoms with Crippen molar-refractivity contribution in [1.82, 2.24) is 5.32 Å². The lowest BCUT2D eigenvalue weighted by Crippen LogP contribution is -2.66. The van der Waals surface area contributed by atoms with E-state index >= 15 is 0 Å². The van der Waals surface area contributed by atoms with Gasteiger partial charge in [0.15, 0.2) is 0 Å². The number of amides is 2. The Kier molecular flexibility index (Phi) is 3.42. The van der Waals surface area contributed by atoms with Crippen LogP contribution in [0, 0.1) is 16.2 Å². The third-order valence-electron chi connectivity index (χ3n) is 7.13. The molecule has 4 aliphatic rings. The summed E-state index contributed by atoms with van der Waals surface area (Å²) in [5, 5.41) is 3.54. The number of urea groups is 1. The molecule has 1 aliphatic heterocycles. The standard InChI is InChI=1S/C25H32N2O/c1-22(2)11-17-12-24(5)14-23(3,4)15-25(16-24)20(17)19(13-22)27(21(28)26-25)18-9-7-6-8-10-18/h6-10,12H,11,13-16H2,1-5H3,(H,26,28).